The average Bonchev–Trinajstić information content (AvgIpc) is 2.96. The van der Waals surface area contributed by atoms with Gasteiger partial charge in [0.15, 0.2) is 0 Å². The highest BCUT2D eigenvalue weighted by Crippen LogP contribution is 2.27. The van der Waals surface area contributed by atoms with Gasteiger partial charge in [-0.3, -0.25) is 18.7 Å². The molecule has 3 aromatic rings. The molecule has 0 fully saturated rings. The largest absolute Gasteiger partial charge is 0.472 e. The van der Waals surface area contributed by atoms with Gasteiger partial charge in [-0.05, 0) is 24.3 Å². The van der Waals surface area contributed by atoms with Crippen molar-refractivity contribution in [3.05, 3.63) is 36.7 Å². The highest BCUT2D eigenvalue weighted by Gasteiger charge is 2.40. The summed E-state index contributed by atoms with van der Waals surface area (Å²) < 4.78 is 39.6. The van der Waals surface area contributed by atoms with E-state index in [-0.39, 0.29) is 11.4 Å². The number of aromatic nitrogens is 2. The molecule has 0 N–H and O–H groups in total. The molecule has 0 amide bonds. The van der Waals surface area contributed by atoms with E-state index in [0.717, 1.165) is 6.20 Å². The van der Waals surface area contributed by atoms with Crippen LogP contribution in [0.4, 0.5) is 13.2 Å². The summed E-state index contributed by atoms with van der Waals surface area (Å²) in [7, 11) is 0. The molecule has 0 saturated carbocycles. The Balaban J connectivity index is 2.26. The molecule has 0 aliphatic carbocycles. The van der Waals surface area contributed by atoms with E-state index in [9.17, 15) is 22.8 Å². The number of nitrogens with zero attached hydrogens (tertiary/aromatic N) is 2. The fraction of sp³-hybridized carbons (Fsp3) is 0.143. The lowest BCUT2D eigenvalue weighted by Crippen LogP contribution is -2.28. The molecule has 4 nitrogen and oxygen atoms in total. The number of rotatable bonds is 0. The number of halogens is 3. The van der Waals surface area contributed by atoms with Crippen molar-refractivity contribution < 1.29 is 22.8 Å². The normalized spacial score (nSPS) is 12.2. The first-order valence-electron chi connectivity index (χ1n) is 6.03. The van der Waals surface area contributed by atoms with Crippen molar-refractivity contribution >= 4 is 33.6 Å². The fourth-order valence-electron chi connectivity index (χ4n) is 2.35. The Bertz CT molecular complexity index is 887. The van der Waals surface area contributed by atoms with E-state index in [1.54, 1.807) is 18.3 Å². The zero-order valence-corrected chi connectivity index (χ0v) is 10.8. The smallest absolute Gasteiger partial charge is 0.287 e. The molecule has 0 bridgehead atoms. The molecule has 7 heteroatoms. The monoisotopic (exact) mass is 294 g/mol. The molecule has 0 aliphatic heterocycles. The molecule has 2 heterocycles. The second kappa shape index (κ2) is 4.21. The Morgan fingerprint density at radius 1 is 0.952 bits per heavy atom. The second-order valence-corrected chi connectivity index (χ2v) is 4.66. The molecule has 1 aromatic carbocycles. The van der Waals surface area contributed by atoms with Crippen LogP contribution in [0, 0.1) is 0 Å². The quantitative estimate of drug-likeness (QED) is 0.637. The number of carbonyl (C=O) groups is 2. The van der Waals surface area contributed by atoms with Crippen LogP contribution in [0.1, 0.15) is 16.5 Å². The van der Waals surface area contributed by atoms with Gasteiger partial charge in [-0.15, -0.1) is 0 Å². The summed E-state index contributed by atoms with van der Waals surface area (Å²) in [5, 5.41) is 1.05. The minimum Gasteiger partial charge on any atom is -0.287 e. The van der Waals surface area contributed by atoms with E-state index in [1.165, 1.54) is 23.6 Å². The maximum absolute atomic E-state index is 12.5. The van der Waals surface area contributed by atoms with Gasteiger partial charge >= 0.3 is 12.1 Å². The van der Waals surface area contributed by atoms with Crippen molar-refractivity contribution in [2.24, 2.45) is 0 Å². The standard InChI is InChI=1S/C14H9F3N2O2/c1-8(20)18-4-2-9-7-12-10(6-11(9)18)3-5-19(12)13(21)14(15,16)17/h2-7H,1H3. The van der Waals surface area contributed by atoms with Crippen molar-refractivity contribution in [2.75, 3.05) is 0 Å². The van der Waals surface area contributed by atoms with Gasteiger partial charge in [-0.25, -0.2) is 0 Å². The van der Waals surface area contributed by atoms with Gasteiger partial charge in [0.25, 0.3) is 0 Å². The van der Waals surface area contributed by atoms with E-state index < -0.39 is 12.1 Å². The maximum Gasteiger partial charge on any atom is 0.472 e. The minimum absolute atomic E-state index is 0.158. The number of hydrogen-bond donors (Lipinski definition) is 0. The lowest BCUT2D eigenvalue weighted by Gasteiger charge is -2.07. The van der Waals surface area contributed by atoms with Crippen LogP contribution in [-0.4, -0.2) is 27.1 Å². The van der Waals surface area contributed by atoms with E-state index in [0.29, 0.717) is 20.9 Å². The molecule has 21 heavy (non-hydrogen) atoms. The molecular formula is C14H9F3N2O2. The first-order chi connectivity index (χ1) is 9.79. The summed E-state index contributed by atoms with van der Waals surface area (Å²) >= 11 is 0. The van der Waals surface area contributed by atoms with Crippen LogP contribution in [0.2, 0.25) is 0 Å². The molecule has 3 rings (SSSR count). The van der Waals surface area contributed by atoms with Gasteiger partial charge in [-0.2, -0.15) is 13.2 Å². The lowest BCUT2D eigenvalue weighted by atomic mass is 10.2. The Labute approximate surface area is 116 Å². The van der Waals surface area contributed by atoms with Crippen molar-refractivity contribution in [1.82, 2.24) is 9.13 Å². The Morgan fingerprint density at radius 3 is 1.90 bits per heavy atom. The number of hydrogen-bond acceptors (Lipinski definition) is 2. The predicted molar refractivity (Wildman–Crippen MR) is 70.4 cm³/mol. The van der Waals surface area contributed by atoms with Crippen LogP contribution >= 0.6 is 0 Å². The van der Waals surface area contributed by atoms with Crippen molar-refractivity contribution in [2.45, 2.75) is 13.1 Å². The molecule has 0 aliphatic rings. The van der Waals surface area contributed by atoms with Crippen molar-refractivity contribution in [3.63, 3.8) is 0 Å². The third kappa shape index (κ3) is 2.01. The topological polar surface area (TPSA) is 44.0 Å². The van der Waals surface area contributed by atoms with Gasteiger partial charge in [0.2, 0.25) is 5.91 Å². The number of alkyl halides is 3. The van der Waals surface area contributed by atoms with E-state index in [2.05, 4.69) is 0 Å². The molecule has 0 spiro atoms. The molecular weight excluding hydrogens is 285 g/mol. The minimum atomic E-state index is -4.94. The van der Waals surface area contributed by atoms with Crippen LogP contribution in [0.25, 0.3) is 21.8 Å². The van der Waals surface area contributed by atoms with Gasteiger partial charge in [0.05, 0.1) is 11.0 Å². The van der Waals surface area contributed by atoms with Gasteiger partial charge in [0, 0.05) is 30.1 Å². The maximum atomic E-state index is 12.5. The van der Waals surface area contributed by atoms with Crippen LogP contribution in [0.15, 0.2) is 36.7 Å². The molecule has 0 radical (unpaired) electrons. The molecule has 0 unspecified atom stereocenters. The van der Waals surface area contributed by atoms with Gasteiger partial charge in [0.1, 0.15) is 0 Å². The SMILES string of the molecule is CC(=O)n1ccc2cc3c(ccn3C(=O)C(F)(F)F)cc21. The second-order valence-electron chi connectivity index (χ2n) is 4.66. The summed E-state index contributed by atoms with van der Waals surface area (Å²) in [6.45, 7) is 1.39. The highest BCUT2D eigenvalue weighted by molar-refractivity contribution is 6.03. The molecule has 0 atom stereocenters. The summed E-state index contributed by atoms with van der Waals surface area (Å²) in [4.78, 5) is 22.8. The van der Waals surface area contributed by atoms with Gasteiger partial charge < -0.3 is 0 Å². The Hall–Kier alpha value is -2.57. The van der Waals surface area contributed by atoms with Gasteiger partial charge in [-0.1, -0.05) is 0 Å². The van der Waals surface area contributed by atoms with Crippen LogP contribution in [0.5, 0.6) is 0 Å². The average molecular weight is 294 g/mol. The van der Waals surface area contributed by atoms with Crippen LogP contribution < -0.4 is 0 Å². The molecule has 108 valence electrons. The Morgan fingerprint density at radius 2 is 1.43 bits per heavy atom. The lowest BCUT2D eigenvalue weighted by molar-refractivity contribution is -0.0942. The molecule has 2 aromatic heterocycles. The highest BCUT2D eigenvalue weighted by atomic mass is 19.4. The first kappa shape index (κ1) is 13.4. The van der Waals surface area contributed by atoms with Crippen molar-refractivity contribution in [1.29, 1.82) is 0 Å². The zero-order valence-electron chi connectivity index (χ0n) is 10.8. The van der Waals surface area contributed by atoms with Crippen molar-refractivity contribution in [3.8, 4) is 0 Å². The summed E-state index contributed by atoms with van der Waals surface area (Å²) in [6.07, 6.45) is -2.31. The van der Waals surface area contributed by atoms with Crippen LogP contribution in [-0.2, 0) is 0 Å². The van der Waals surface area contributed by atoms with E-state index >= 15 is 0 Å². The number of benzene rings is 1. The third-order valence-electron chi connectivity index (χ3n) is 3.30. The summed E-state index contributed by atoms with van der Waals surface area (Å²) in [5.41, 5.74) is 0.748. The molecule has 0 saturated heterocycles. The summed E-state index contributed by atoms with van der Waals surface area (Å²) in [5.74, 6) is -2.14. The number of fused-ring (bicyclic) bond motifs is 2. The van der Waals surface area contributed by atoms with E-state index in [1.807, 2.05) is 0 Å². The fourth-order valence-corrected chi connectivity index (χ4v) is 2.35. The third-order valence-corrected chi connectivity index (χ3v) is 3.30. The van der Waals surface area contributed by atoms with Crippen LogP contribution in [0.3, 0.4) is 0 Å². The number of carbonyl (C=O) groups excluding carboxylic acids is 2. The van der Waals surface area contributed by atoms with E-state index in [4.69, 9.17) is 0 Å². The zero-order chi connectivity index (χ0) is 15.4. The first-order valence-corrected chi connectivity index (χ1v) is 6.03. The Kier molecular flexibility index (Phi) is 2.69. The summed E-state index contributed by atoms with van der Waals surface area (Å²) in [6, 6.07) is 6.08. The predicted octanol–water partition coefficient (Wildman–Crippen LogP) is 3.46.